The predicted octanol–water partition coefficient (Wildman–Crippen LogP) is 2.79. The van der Waals surface area contributed by atoms with Crippen molar-refractivity contribution >= 4 is 11.7 Å². The van der Waals surface area contributed by atoms with Crippen LogP contribution in [0.4, 0.5) is 5.69 Å². The van der Waals surface area contributed by atoms with Crippen LogP contribution in [0.25, 0.3) is 0 Å². The summed E-state index contributed by atoms with van der Waals surface area (Å²) in [5, 5.41) is 19.8. The first-order valence-corrected chi connectivity index (χ1v) is 5.59. The van der Waals surface area contributed by atoms with E-state index in [0.717, 1.165) is 23.9 Å². The molecule has 0 spiro atoms. The van der Waals surface area contributed by atoms with Gasteiger partial charge >= 0.3 is 5.97 Å². The van der Waals surface area contributed by atoms with Gasteiger partial charge in [-0.2, -0.15) is 0 Å². The highest BCUT2D eigenvalue weighted by Crippen LogP contribution is 2.29. The minimum atomic E-state index is -1.23. The molecule has 0 saturated carbocycles. The van der Waals surface area contributed by atoms with E-state index >= 15 is 0 Å². The van der Waals surface area contributed by atoms with Gasteiger partial charge in [-0.3, -0.25) is 15.1 Å². The third-order valence-electron chi connectivity index (χ3n) is 2.52. The normalized spacial score (nSPS) is 10.1. The van der Waals surface area contributed by atoms with Gasteiger partial charge in [0, 0.05) is 11.8 Å². The lowest BCUT2D eigenvalue weighted by Crippen LogP contribution is -2.01. The van der Waals surface area contributed by atoms with Gasteiger partial charge in [-0.05, 0) is 25.1 Å². The molecule has 0 atom stereocenters. The second-order valence-electron chi connectivity index (χ2n) is 3.98. The summed E-state index contributed by atoms with van der Waals surface area (Å²) in [5.74, 6) is -1.02. The number of nitrogens with zero attached hydrogens (tertiary/aromatic N) is 2. The van der Waals surface area contributed by atoms with E-state index in [9.17, 15) is 14.9 Å². The van der Waals surface area contributed by atoms with Gasteiger partial charge in [-0.15, -0.1) is 0 Å². The number of aromatic carboxylic acids is 1. The number of hydrogen-bond acceptors (Lipinski definition) is 5. The zero-order chi connectivity index (χ0) is 14.7. The van der Waals surface area contributed by atoms with Crippen molar-refractivity contribution in [2.45, 2.75) is 6.92 Å². The van der Waals surface area contributed by atoms with E-state index in [1.54, 1.807) is 19.1 Å². The van der Waals surface area contributed by atoms with Crippen LogP contribution in [0.15, 0.2) is 36.5 Å². The summed E-state index contributed by atoms with van der Waals surface area (Å²) in [6.45, 7) is 1.79. The molecule has 0 radical (unpaired) electrons. The summed E-state index contributed by atoms with van der Waals surface area (Å²) in [6, 6.07) is 6.62. The van der Waals surface area contributed by atoms with Crippen LogP contribution in [0.3, 0.4) is 0 Å². The fourth-order valence-corrected chi connectivity index (χ4v) is 1.53. The molecule has 1 aromatic heterocycles. The summed E-state index contributed by atoms with van der Waals surface area (Å²) in [4.78, 5) is 25.2. The lowest BCUT2D eigenvalue weighted by Gasteiger charge is -2.08. The van der Waals surface area contributed by atoms with Crippen LogP contribution < -0.4 is 4.74 Å². The topological polar surface area (TPSA) is 103 Å². The number of carbonyl (C=O) groups is 1. The second kappa shape index (κ2) is 5.35. The maximum absolute atomic E-state index is 11.1. The number of rotatable bonds is 4. The van der Waals surface area contributed by atoms with Crippen LogP contribution in [0.2, 0.25) is 0 Å². The van der Waals surface area contributed by atoms with Crippen molar-refractivity contribution in [1.82, 2.24) is 4.98 Å². The first-order valence-electron chi connectivity index (χ1n) is 5.59. The third kappa shape index (κ3) is 2.89. The lowest BCUT2D eigenvalue weighted by atomic mass is 10.2. The fraction of sp³-hybridized carbons (Fsp3) is 0.0769. The summed E-state index contributed by atoms with van der Waals surface area (Å²) in [6.07, 6.45) is 1.42. The maximum Gasteiger partial charge on any atom is 0.339 e. The summed E-state index contributed by atoms with van der Waals surface area (Å²) in [5.41, 5.74) is 0.371. The molecule has 0 amide bonds. The Hall–Kier alpha value is -2.96. The van der Waals surface area contributed by atoms with Gasteiger partial charge in [0.05, 0.1) is 17.2 Å². The van der Waals surface area contributed by atoms with Gasteiger partial charge in [0.2, 0.25) is 0 Å². The number of aryl methyl sites for hydroxylation is 1. The van der Waals surface area contributed by atoms with Gasteiger partial charge in [0.25, 0.3) is 5.69 Å². The molecular weight excluding hydrogens is 264 g/mol. The molecule has 0 aliphatic rings. The molecule has 0 saturated heterocycles. The third-order valence-corrected chi connectivity index (χ3v) is 2.52. The number of nitro groups is 1. The minimum Gasteiger partial charge on any atom is -0.478 e. The van der Waals surface area contributed by atoms with Crippen LogP contribution in [0.5, 0.6) is 11.5 Å². The van der Waals surface area contributed by atoms with Gasteiger partial charge in [0.1, 0.15) is 17.1 Å². The van der Waals surface area contributed by atoms with E-state index in [1.165, 1.54) is 6.20 Å². The molecule has 0 unspecified atom stereocenters. The van der Waals surface area contributed by atoms with E-state index in [4.69, 9.17) is 9.84 Å². The Labute approximate surface area is 113 Å². The number of non-ortho nitro benzene ring substituents is 1. The molecule has 20 heavy (non-hydrogen) atoms. The van der Waals surface area contributed by atoms with Crippen molar-refractivity contribution in [2.24, 2.45) is 0 Å². The minimum absolute atomic E-state index is 0.0997. The van der Waals surface area contributed by atoms with Crippen molar-refractivity contribution in [3.05, 3.63) is 57.9 Å². The molecule has 102 valence electrons. The molecular formula is C13H10N2O5. The molecule has 2 rings (SSSR count). The van der Waals surface area contributed by atoms with E-state index in [2.05, 4.69) is 4.98 Å². The van der Waals surface area contributed by atoms with Crippen molar-refractivity contribution < 1.29 is 19.6 Å². The van der Waals surface area contributed by atoms with E-state index in [1.807, 2.05) is 0 Å². The molecule has 0 aliphatic heterocycles. The van der Waals surface area contributed by atoms with Crippen molar-refractivity contribution in [1.29, 1.82) is 0 Å². The quantitative estimate of drug-likeness (QED) is 0.679. The van der Waals surface area contributed by atoms with Crippen molar-refractivity contribution in [2.75, 3.05) is 0 Å². The predicted molar refractivity (Wildman–Crippen MR) is 69.1 cm³/mol. The molecule has 7 nitrogen and oxygen atoms in total. The van der Waals surface area contributed by atoms with Crippen molar-refractivity contribution in [3.63, 3.8) is 0 Å². The Morgan fingerprint density at radius 1 is 1.35 bits per heavy atom. The molecule has 1 heterocycles. The number of hydrogen-bond donors (Lipinski definition) is 1. The van der Waals surface area contributed by atoms with Gasteiger partial charge < -0.3 is 9.84 Å². The average Bonchev–Trinajstić information content (AvgIpc) is 2.41. The number of benzene rings is 1. The Morgan fingerprint density at radius 2 is 2.10 bits per heavy atom. The van der Waals surface area contributed by atoms with Crippen LogP contribution >= 0.6 is 0 Å². The Balaban J connectivity index is 2.41. The molecule has 0 fully saturated rings. The van der Waals surface area contributed by atoms with Crippen LogP contribution in [-0.4, -0.2) is 21.0 Å². The Bertz CT molecular complexity index is 667. The van der Waals surface area contributed by atoms with E-state index in [0.29, 0.717) is 5.75 Å². The van der Waals surface area contributed by atoms with Crippen LogP contribution in [0, 0.1) is 17.0 Å². The van der Waals surface area contributed by atoms with E-state index < -0.39 is 10.9 Å². The first kappa shape index (κ1) is 13.5. The molecule has 2 aromatic rings. The van der Waals surface area contributed by atoms with Crippen LogP contribution in [-0.2, 0) is 0 Å². The number of carboxylic acid groups (broad SMARTS) is 1. The van der Waals surface area contributed by atoms with Crippen LogP contribution in [0.1, 0.15) is 16.1 Å². The highest BCUT2D eigenvalue weighted by molar-refractivity contribution is 5.91. The lowest BCUT2D eigenvalue weighted by molar-refractivity contribution is -0.384. The number of carboxylic acids is 1. The molecule has 0 bridgehead atoms. The second-order valence-corrected chi connectivity index (χ2v) is 3.98. The standard InChI is InChI=1S/C13H10N2O5/c1-8-2-4-10(7-14-8)20-12-6-9(15(18)19)3-5-11(12)13(16)17/h2-7H,1H3,(H,16,17). The zero-order valence-electron chi connectivity index (χ0n) is 10.4. The highest BCUT2D eigenvalue weighted by Gasteiger charge is 2.17. The molecule has 0 aliphatic carbocycles. The zero-order valence-corrected chi connectivity index (χ0v) is 10.4. The SMILES string of the molecule is Cc1ccc(Oc2cc([N+](=O)[O-])ccc2C(=O)O)cn1. The number of pyridine rings is 1. The van der Waals surface area contributed by atoms with Gasteiger partial charge in [-0.25, -0.2) is 4.79 Å². The molecule has 1 aromatic carbocycles. The summed E-state index contributed by atoms with van der Waals surface area (Å²) < 4.78 is 5.37. The monoisotopic (exact) mass is 274 g/mol. The highest BCUT2D eigenvalue weighted by atomic mass is 16.6. The molecule has 1 N–H and O–H groups in total. The molecule has 7 heteroatoms. The van der Waals surface area contributed by atoms with Gasteiger partial charge in [0.15, 0.2) is 0 Å². The van der Waals surface area contributed by atoms with Gasteiger partial charge in [-0.1, -0.05) is 0 Å². The smallest absolute Gasteiger partial charge is 0.339 e. The number of aromatic nitrogens is 1. The number of ether oxygens (including phenoxy) is 1. The van der Waals surface area contributed by atoms with Crippen molar-refractivity contribution in [3.8, 4) is 11.5 Å². The first-order chi connectivity index (χ1) is 9.47. The van der Waals surface area contributed by atoms with E-state index in [-0.39, 0.29) is 17.0 Å². The Morgan fingerprint density at radius 3 is 2.65 bits per heavy atom. The maximum atomic E-state index is 11.1. The largest absolute Gasteiger partial charge is 0.478 e. The number of nitro benzene ring substituents is 1. The average molecular weight is 274 g/mol. The fourth-order valence-electron chi connectivity index (χ4n) is 1.53. The Kier molecular flexibility index (Phi) is 3.60. The summed E-state index contributed by atoms with van der Waals surface area (Å²) >= 11 is 0. The summed E-state index contributed by atoms with van der Waals surface area (Å²) in [7, 11) is 0.